The summed E-state index contributed by atoms with van der Waals surface area (Å²) < 4.78 is 0. The highest BCUT2D eigenvalue weighted by Crippen LogP contribution is 2.43. The van der Waals surface area contributed by atoms with Gasteiger partial charge in [0.2, 0.25) is 0 Å². The highest BCUT2D eigenvalue weighted by atomic mass is 14.9. The molecule has 108 heavy (non-hydrogen) atoms. The molecule has 0 amide bonds. The minimum Gasteiger partial charge on any atom is -0.255 e. The molecule has 0 saturated carbocycles. The molecule has 16 heteroatoms. The Morgan fingerprint density at radius 3 is 0.611 bits per heavy atom. The van der Waals surface area contributed by atoms with Crippen LogP contribution >= 0.6 is 0 Å². The Balaban J connectivity index is 0.0000000985. The van der Waals surface area contributed by atoms with Gasteiger partial charge >= 0.3 is 0 Å². The van der Waals surface area contributed by atoms with Crippen LogP contribution in [0.3, 0.4) is 0 Å². The maximum atomic E-state index is 4.85. The van der Waals surface area contributed by atoms with Gasteiger partial charge in [-0.3, -0.25) is 79.8 Å². The van der Waals surface area contributed by atoms with Crippen LogP contribution < -0.4 is 0 Å². The minimum absolute atomic E-state index is 0.814. The van der Waals surface area contributed by atoms with E-state index in [2.05, 4.69) is 137 Å². The quantitative estimate of drug-likeness (QED) is 0.129. The average Bonchev–Trinajstić information content (AvgIpc) is 1.64. The number of benzene rings is 6. The van der Waals surface area contributed by atoms with Crippen molar-refractivity contribution in [2.45, 2.75) is 51.4 Å². The van der Waals surface area contributed by atoms with Crippen molar-refractivity contribution >= 4 is 91.2 Å². The van der Waals surface area contributed by atoms with E-state index in [9.17, 15) is 0 Å². The summed E-state index contributed by atoms with van der Waals surface area (Å²) >= 11 is 0. The number of hydrogen-bond acceptors (Lipinski definition) is 16. The van der Waals surface area contributed by atoms with Crippen molar-refractivity contribution in [1.29, 1.82) is 0 Å². The Bertz CT molecular complexity index is 5750. The van der Waals surface area contributed by atoms with Gasteiger partial charge in [-0.25, -0.2) is 0 Å². The van der Waals surface area contributed by atoms with E-state index in [1.165, 1.54) is 55.6 Å². The Morgan fingerprint density at radius 1 is 0.148 bits per heavy atom. The third kappa shape index (κ3) is 13.4. The van der Waals surface area contributed by atoms with E-state index in [-0.39, 0.29) is 0 Å². The molecule has 16 heterocycles. The Morgan fingerprint density at radius 2 is 0.352 bits per heavy atom. The molecule has 8 aliphatic rings. The lowest BCUT2D eigenvalue weighted by molar-refractivity contribution is 1.25. The molecule has 0 radical (unpaired) electrons. The van der Waals surface area contributed by atoms with E-state index >= 15 is 0 Å². The van der Waals surface area contributed by atoms with Crippen LogP contribution in [0.15, 0.2) is 332 Å². The van der Waals surface area contributed by atoms with Gasteiger partial charge in [-0.2, -0.15) is 0 Å². The zero-order valence-corrected chi connectivity index (χ0v) is 58.5. The molecule has 8 aliphatic heterocycles. The molecular weight excluding hydrogens is 1330 g/mol. The predicted molar refractivity (Wildman–Crippen MR) is 430 cm³/mol. The van der Waals surface area contributed by atoms with Gasteiger partial charge < -0.3 is 0 Å². The fraction of sp³-hybridized carbons (Fsp3) is 0.0870. The molecule has 0 bridgehead atoms. The summed E-state index contributed by atoms with van der Waals surface area (Å²) in [5.74, 6) is 0. The number of aromatic nitrogens is 8. The van der Waals surface area contributed by atoms with Crippen LogP contribution in [0, 0.1) is 0 Å². The van der Waals surface area contributed by atoms with Gasteiger partial charge in [-0.15, -0.1) is 0 Å². The van der Waals surface area contributed by atoms with Gasteiger partial charge in [0.1, 0.15) is 0 Å². The van der Waals surface area contributed by atoms with Crippen LogP contribution in [-0.4, -0.2) is 85.6 Å². The second-order valence-corrected chi connectivity index (χ2v) is 27.2. The summed E-state index contributed by atoms with van der Waals surface area (Å²) in [6, 6.07) is 82.3. The van der Waals surface area contributed by atoms with E-state index in [0.717, 1.165) is 199 Å². The van der Waals surface area contributed by atoms with E-state index < -0.39 is 0 Å². The highest BCUT2D eigenvalue weighted by Gasteiger charge is 2.28. The lowest BCUT2D eigenvalue weighted by Gasteiger charge is -2.07. The molecule has 0 spiro atoms. The third-order valence-corrected chi connectivity index (χ3v) is 20.1. The van der Waals surface area contributed by atoms with Crippen molar-refractivity contribution in [3.05, 3.63) is 382 Å². The van der Waals surface area contributed by atoms with Crippen LogP contribution in [-0.2, 0) is 51.4 Å². The highest BCUT2D eigenvalue weighted by molar-refractivity contribution is 6.11. The third-order valence-electron chi connectivity index (χ3n) is 20.1. The summed E-state index contributed by atoms with van der Waals surface area (Å²) in [6.45, 7) is 0. The monoisotopic (exact) mass is 1390 g/mol. The van der Waals surface area contributed by atoms with Crippen molar-refractivity contribution in [3.63, 3.8) is 0 Å². The summed E-state index contributed by atoms with van der Waals surface area (Å²) in [4.78, 5) is 73.8. The minimum atomic E-state index is 0.814. The molecule has 0 atom stereocenters. The standard InChI is InChI=1S/2C26H18N4.2C20H14N4/c1-3-11-27-23(5-1)25-15-19-13-17(7-9-21(19)29-25)18-8-10-22-20(14-18)16-26(30-22)24-6-2-4-12-28-24;1-3-11-27-21(5-1)25-15-19-9-7-17(13-23(19)29-25)18-8-10-20-16-26(30-24(20)14-18)22-6-2-4-12-28-22;1-3-7-21-15(5-1)19-11-13-9-18-14(10-17(13)23-19)12-20(24-18)16-6-2-4-8-22-16;1-3-7-21-15(5-1)19-10-13-9-14-11-20(16-6-2-4-8-22-16)24-18(14)12-17(13)23-19/h2*1-14H,15-16H2;1-10H,11-12H2;1-9,12H,10-11H2. The smallest absolute Gasteiger partial charge is 0.0848 e. The van der Waals surface area contributed by atoms with Crippen molar-refractivity contribution in [2.24, 2.45) is 39.9 Å². The molecule has 16 nitrogen and oxygen atoms in total. The normalized spacial score (nSPS) is 14.4. The number of rotatable bonds is 10. The van der Waals surface area contributed by atoms with Crippen LogP contribution in [0.1, 0.15) is 90.1 Å². The number of pyridine rings is 8. The number of fused-ring (bicyclic) bond motifs is 8. The van der Waals surface area contributed by atoms with Gasteiger partial charge in [0.15, 0.2) is 0 Å². The fourth-order valence-electron chi connectivity index (χ4n) is 14.7. The summed E-state index contributed by atoms with van der Waals surface area (Å²) in [5, 5.41) is 0. The lowest BCUT2D eigenvalue weighted by Crippen LogP contribution is -2.03. The second-order valence-electron chi connectivity index (χ2n) is 27.2. The van der Waals surface area contributed by atoms with Crippen molar-refractivity contribution in [3.8, 4) is 22.3 Å². The van der Waals surface area contributed by atoms with Gasteiger partial charge in [0.05, 0.1) is 137 Å². The fourth-order valence-corrected chi connectivity index (χ4v) is 14.7. The number of hydrogen-bond donors (Lipinski definition) is 0. The Hall–Kier alpha value is -14.1. The van der Waals surface area contributed by atoms with E-state index in [4.69, 9.17) is 39.9 Å². The molecule has 6 aromatic carbocycles. The molecule has 0 saturated heterocycles. The number of aliphatic imine (C=N–C) groups is 8. The lowest BCUT2D eigenvalue weighted by atomic mass is 9.97. The zero-order valence-electron chi connectivity index (χ0n) is 58.5. The van der Waals surface area contributed by atoms with E-state index in [1.54, 1.807) is 0 Å². The summed E-state index contributed by atoms with van der Waals surface area (Å²) in [7, 11) is 0. The van der Waals surface area contributed by atoms with Crippen molar-refractivity contribution < 1.29 is 0 Å². The average molecular weight is 1390 g/mol. The van der Waals surface area contributed by atoms with Crippen molar-refractivity contribution in [2.75, 3.05) is 0 Å². The maximum Gasteiger partial charge on any atom is 0.0848 e. The van der Waals surface area contributed by atoms with Crippen LogP contribution in [0.5, 0.6) is 0 Å². The van der Waals surface area contributed by atoms with E-state index in [1.807, 2.05) is 195 Å². The van der Waals surface area contributed by atoms with Crippen LogP contribution in [0.2, 0.25) is 0 Å². The zero-order chi connectivity index (χ0) is 71.7. The van der Waals surface area contributed by atoms with Crippen LogP contribution in [0.25, 0.3) is 22.3 Å². The first-order valence-electron chi connectivity index (χ1n) is 36.2. The molecule has 0 N–H and O–H groups in total. The molecule has 0 fully saturated rings. The van der Waals surface area contributed by atoms with Gasteiger partial charge in [-0.05, 0) is 218 Å². The van der Waals surface area contributed by atoms with Gasteiger partial charge in [0, 0.05) is 101 Å². The Kier molecular flexibility index (Phi) is 17.1. The van der Waals surface area contributed by atoms with Crippen molar-refractivity contribution in [1.82, 2.24) is 39.9 Å². The largest absolute Gasteiger partial charge is 0.255 e. The van der Waals surface area contributed by atoms with E-state index in [0.29, 0.717) is 0 Å². The summed E-state index contributed by atoms with van der Waals surface area (Å²) in [6.07, 6.45) is 21.1. The van der Waals surface area contributed by atoms with Crippen LogP contribution in [0.4, 0.5) is 45.5 Å². The maximum absolute atomic E-state index is 4.85. The van der Waals surface area contributed by atoms with Gasteiger partial charge in [-0.1, -0.05) is 91.0 Å². The second kappa shape index (κ2) is 28.5. The molecule has 8 aromatic heterocycles. The molecule has 0 aliphatic carbocycles. The molecule has 0 unspecified atom stereocenters. The number of nitrogens with zero attached hydrogens (tertiary/aromatic N) is 16. The van der Waals surface area contributed by atoms with Gasteiger partial charge in [0.25, 0.3) is 0 Å². The first kappa shape index (κ1) is 64.7. The topological polar surface area (TPSA) is 202 Å². The molecule has 512 valence electrons. The molecule has 22 rings (SSSR count). The summed E-state index contributed by atoms with van der Waals surface area (Å²) in [5.41, 5.74) is 38.8. The Labute approximate surface area is 623 Å². The first-order valence-corrected chi connectivity index (χ1v) is 36.2. The first-order chi connectivity index (χ1) is 53.4. The predicted octanol–water partition coefficient (Wildman–Crippen LogP) is 18.7. The molecule has 14 aromatic rings. The molecular formula is C92H64N16. The SMILES string of the molecule is c1ccc(C2=Nc3cc(-c4ccc5c(c4)N=C(c4ccccn4)C5)ccc3C2)nc1.c1ccc(C2=Nc3cc4c(cc3C2)CC(c2ccccn2)=N4)nc1.c1ccc(C2=Nc3cc4c(cc3C2)N=C(c2ccccn2)C4)nc1.c1ccc(C2=Nc3ccc(-c4ccc5c(c4)CC(c4ccccn4)=N5)cc3C2)nc1.